The summed E-state index contributed by atoms with van der Waals surface area (Å²) in [6.07, 6.45) is 4.68. The van der Waals surface area contributed by atoms with Crippen molar-refractivity contribution in [3.8, 4) is 22.6 Å². The van der Waals surface area contributed by atoms with Gasteiger partial charge < -0.3 is 14.8 Å². The third kappa shape index (κ3) is 4.27. The Kier molecular flexibility index (Phi) is 6.25. The summed E-state index contributed by atoms with van der Waals surface area (Å²) in [6.45, 7) is 0. The molecule has 6 aromatic rings. The number of fused-ring (bicyclic) bond motifs is 9. The van der Waals surface area contributed by atoms with Crippen LogP contribution in [0.15, 0.2) is 169 Å². The highest BCUT2D eigenvalue weighted by Crippen LogP contribution is 2.62. The summed E-state index contributed by atoms with van der Waals surface area (Å²) in [5.74, 6) is 2.63. The number of nitrogens with one attached hydrogen (secondary N) is 1. The highest BCUT2D eigenvalue weighted by molar-refractivity contribution is 6.13. The molecule has 0 aromatic heterocycles. The Hall–Kier alpha value is -6.13. The zero-order valence-corrected chi connectivity index (χ0v) is 26.7. The van der Waals surface area contributed by atoms with E-state index in [1.54, 1.807) is 0 Å². The topological polar surface area (TPSA) is 42.8 Å². The van der Waals surface area contributed by atoms with E-state index in [1.165, 1.54) is 22.3 Å². The molecule has 49 heavy (non-hydrogen) atoms. The first-order chi connectivity index (χ1) is 24.3. The smallest absolute Gasteiger partial charge is 0.157 e. The molecule has 10 rings (SSSR count). The van der Waals surface area contributed by atoms with Gasteiger partial charge >= 0.3 is 0 Å². The van der Waals surface area contributed by atoms with Crippen molar-refractivity contribution in [2.24, 2.45) is 4.99 Å². The fraction of sp³-hybridized carbons (Fsp3) is 0.0889. The Morgan fingerprint density at radius 3 is 1.92 bits per heavy atom. The maximum atomic E-state index is 6.83. The van der Waals surface area contributed by atoms with Crippen LogP contribution in [0, 0.1) is 0 Å². The van der Waals surface area contributed by atoms with Crippen LogP contribution in [0.5, 0.6) is 11.5 Å². The maximum Gasteiger partial charge on any atom is 0.157 e. The molecule has 2 unspecified atom stereocenters. The third-order valence-corrected chi connectivity index (χ3v) is 10.3. The van der Waals surface area contributed by atoms with Crippen molar-refractivity contribution in [3.63, 3.8) is 0 Å². The number of nitrogens with zero attached hydrogens (tertiary/aromatic N) is 1. The molecule has 0 radical (unpaired) electrons. The summed E-state index contributed by atoms with van der Waals surface area (Å²) >= 11 is 0. The van der Waals surface area contributed by atoms with Gasteiger partial charge in [0.15, 0.2) is 6.17 Å². The number of hydrogen-bond donors (Lipinski definition) is 1. The molecule has 0 fully saturated rings. The quantitative estimate of drug-likeness (QED) is 0.210. The first-order valence-electron chi connectivity index (χ1n) is 16.9. The molecule has 0 amide bonds. The van der Waals surface area contributed by atoms with Crippen LogP contribution in [0.4, 0.5) is 0 Å². The predicted molar refractivity (Wildman–Crippen MR) is 196 cm³/mol. The Morgan fingerprint density at radius 1 is 0.571 bits per heavy atom. The standard InChI is InChI=1S/C45H32N2O2/c1-3-13-29(14-4-1)38-28-39(30-15-5-2-6-16-30)47-44(46-38)43-26-25-40(48-43)31-23-24-42-37(27-31)45(36-21-11-12-22-41(36)49-42)34-19-9-7-17-32(34)33-18-8-10-20-35(33)45/h1-25,27-28,43-44,46H,26H2. The molecular formula is C45H32N2O2. The number of benzene rings is 6. The zero-order chi connectivity index (χ0) is 32.4. The van der Waals surface area contributed by atoms with Crippen LogP contribution in [-0.4, -0.2) is 18.0 Å². The SMILES string of the molecule is C1=C(c2ccccc2)NC(C2CC=C(c3ccc4c(c3)C3(c5ccccc5O4)c4ccccc4-c4ccccc43)O2)N=C1c1ccccc1. The lowest BCUT2D eigenvalue weighted by molar-refractivity contribution is 0.154. The second kappa shape index (κ2) is 11.0. The van der Waals surface area contributed by atoms with Gasteiger partial charge in [-0.1, -0.05) is 127 Å². The fourth-order valence-corrected chi connectivity index (χ4v) is 8.16. The van der Waals surface area contributed by atoms with E-state index in [-0.39, 0.29) is 12.3 Å². The second-order valence-electron chi connectivity index (χ2n) is 13.0. The number of allylic oxidation sites excluding steroid dienone is 1. The Labute approximate surface area is 285 Å². The van der Waals surface area contributed by atoms with Crippen molar-refractivity contribution in [3.05, 3.63) is 203 Å². The fourth-order valence-electron chi connectivity index (χ4n) is 8.16. The van der Waals surface area contributed by atoms with Crippen LogP contribution >= 0.6 is 0 Å². The lowest BCUT2D eigenvalue weighted by atomic mass is 9.66. The molecular weight excluding hydrogens is 601 g/mol. The van der Waals surface area contributed by atoms with Crippen molar-refractivity contribution in [2.75, 3.05) is 0 Å². The minimum absolute atomic E-state index is 0.170. The molecule has 1 N–H and O–H groups in total. The number of rotatable bonds is 4. The zero-order valence-electron chi connectivity index (χ0n) is 26.7. The molecule has 3 aliphatic heterocycles. The van der Waals surface area contributed by atoms with Gasteiger partial charge in [0.25, 0.3) is 0 Å². The van der Waals surface area contributed by atoms with Gasteiger partial charge in [0.2, 0.25) is 0 Å². The second-order valence-corrected chi connectivity index (χ2v) is 13.0. The average Bonchev–Trinajstić information content (AvgIpc) is 3.79. The van der Waals surface area contributed by atoms with Gasteiger partial charge in [0, 0.05) is 28.8 Å². The summed E-state index contributed by atoms with van der Waals surface area (Å²) in [5.41, 5.74) is 12.1. The van der Waals surface area contributed by atoms with E-state index in [0.717, 1.165) is 62.9 Å². The van der Waals surface area contributed by atoms with Crippen molar-refractivity contribution < 1.29 is 9.47 Å². The number of aliphatic imine (C=N–C) groups is 1. The van der Waals surface area contributed by atoms with E-state index in [4.69, 9.17) is 14.5 Å². The molecule has 4 nitrogen and oxygen atoms in total. The van der Waals surface area contributed by atoms with Crippen molar-refractivity contribution in [1.29, 1.82) is 0 Å². The lowest BCUT2D eigenvalue weighted by Gasteiger charge is -2.39. The highest BCUT2D eigenvalue weighted by Gasteiger charge is 2.51. The van der Waals surface area contributed by atoms with Crippen LogP contribution in [0.3, 0.4) is 0 Å². The van der Waals surface area contributed by atoms with Gasteiger partial charge in [-0.05, 0) is 69.8 Å². The number of ether oxygens (including phenoxy) is 2. The van der Waals surface area contributed by atoms with Gasteiger partial charge in [-0.15, -0.1) is 0 Å². The third-order valence-electron chi connectivity index (χ3n) is 10.3. The molecule has 0 saturated heterocycles. The molecule has 3 heterocycles. The van der Waals surface area contributed by atoms with Gasteiger partial charge in [-0.3, -0.25) is 4.99 Å². The van der Waals surface area contributed by atoms with E-state index < -0.39 is 5.41 Å². The molecule has 1 spiro atoms. The van der Waals surface area contributed by atoms with Crippen LogP contribution in [0.2, 0.25) is 0 Å². The van der Waals surface area contributed by atoms with E-state index in [1.807, 2.05) is 12.1 Å². The van der Waals surface area contributed by atoms with Crippen LogP contribution in [0.1, 0.15) is 45.4 Å². The summed E-state index contributed by atoms with van der Waals surface area (Å²) in [7, 11) is 0. The molecule has 6 aromatic carbocycles. The first-order valence-corrected chi connectivity index (χ1v) is 16.9. The predicted octanol–water partition coefficient (Wildman–Crippen LogP) is 9.74. The van der Waals surface area contributed by atoms with Crippen LogP contribution in [-0.2, 0) is 10.2 Å². The summed E-state index contributed by atoms with van der Waals surface area (Å²) < 4.78 is 13.5. The first kappa shape index (κ1) is 27.9. The van der Waals surface area contributed by atoms with Gasteiger partial charge in [0.1, 0.15) is 23.4 Å². The largest absolute Gasteiger partial charge is 0.486 e. The summed E-state index contributed by atoms with van der Waals surface area (Å²) in [6, 6.07) is 53.5. The van der Waals surface area contributed by atoms with E-state index in [0.29, 0.717) is 0 Å². The van der Waals surface area contributed by atoms with Crippen LogP contribution in [0.25, 0.3) is 22.6 Å². The van der Waals surface area contributed by atoms with Gasteiger partial charge in [-0.2, -0.15) is 0 Å². The molecule has 4 heteroatoms. The monoisotopic (exact) mass is 632 g/mol. The van der Waals surface area contributed by atoms with Gasteiger partial charge in [-0.25, -0.2) is 0 Å². The Morgan fingerprint density at radius 2 is 1.18 bits per heavy atom. The lowest BCUT2D eigenvalue weighted by Crippen LogP contribution is -2.40. The molecule has 0 saturated carbocycles. The minimum atomic E-state index is -0.513. The molecule has 4 aliphatic rings. The Balaban J connectivity index is 1.04. The number of para-hydroxylation sites is 1. The number of hydrogen-bond acceptors (Lipinski definition) is 4. The summed E-state index contributed by atoms with van der Waals surface area (Å²) in [4.78, 5) is 5.19. The minimum Gasteiger partial charge on any atom is -0.486 e. The van der Waals surface area contributed by atoms with Crippen LogP contribution < -0.4 is 10.1 Å². The Bertz CT molecular complexity index is 2310. The van der Waals surface area contributed by atoms with Crippen molar-refractivity contribution >= 4 is 17.2 Å². The summed E-state index contributed by atoms with van der Waals surface area (Å²) in [5, 5.41) is 3.70. The highest BCUT2D eigenvalue weighted by atomic mass is 16.5. The van der Waals surface area contributed by atoms with Crippen molar-refractivity contribution in [2.45, 2.75) is 24.1 Å². The van der Waals surface area contributed by atoms with E-state index >= 15 is 0 Å². The van der Waals surface area contributed by atoms with E-state index in [2.05, 4.69) is 157 Å². The molecule has 0 bridgehead atoms. The maximum absolute atomic E-state index is 6.83. The molecule has 1 aliphatic carbocycles. The van der Waals surface area contributed by atoms with Crippen molar-refractivity contribution in [1.82, 2.24) is 5.32 Å². The normalized spacial score (nSPS) is 19.1. The molecule has 234 valence electrons. The van der Waals surface area contributed by atoms with E-state index in [9.17, 15) is 0 Å². The molecule has 2 atom stereocenters. The van der Waals surface area contributed by atoms with Gasteiger partial charge in [0.05, 0.1) is 11.1 Å². The average molecular weight is 633 g/mol.